The van der Waals surface area contributed by atoms with Gasteiger partial charge < -0.3 is 0 Å². The predicted molar refractivity (Wildman–Crippen MR) is 33.0 cm³/mol. The molecule has 0 saturated heterocycles. The summed E-state index contributed by atoms with van der Waals surface area (Å²) < 4.78 is 1.74. The summed E-state index contributed by atoms with van der Waals surface area (Å²) >= 11 is -0.121. The van der Waals surface area contributed by atoms with Crippen LogP contribution in [0.2, 0.25) is 0 Å². The number of nitrogens with zero attached hydrogens (tertiary/aromatic N) is 1. The van der Waals surface area contributed by atoms with Gasteiger partial charge in [-0.25, -0.2) is 0 Å². The van der Waals surface area contributed by atoms with Crippen LogP contribution in [0.5, 0.6) is 0 Å². The molecule has 0 heterocycles. The van der Waals surface area contributed by atoms with Crippen molar-refractivity contribution >= 4 is 0 Å². The molecule has 52 valence electrons. The second kappa shape index (κ2) is 4.77. The van der Waals surface area contributed by atoms with Crippen molar-refractivity contribution in [3.63, 3.8) is 0 Å². The molecule has 2 N–H and O–H groups in total. The van der Waals surface area contributed by atoms with Crippen LogP contribution in [0.25, 0.3) is 0 Å². The monoisotopic (exact) mass is 237 g/mol. The van der Waals surface area contributed by atoms with Crippen LogP contribution in [0.15, 0.2) is 10.2 Å². The molecular formula is C6H10IN2-. The number of hydrogen-bond donors (Lipinski definition) is 1. The molecule has 0 saturated carbocycles. The molecule has 0 aromatic rings. The van der Waals surface area contributed by atoms with E-state index in [-0.39, 0.29) is 27.1 Å². The molecule has 0 aliphatic rings. The van der Waals surface area contributed by atoms with Crippen LogP contribution in [0.3, 0.4) is 0 Å². The first kappa shape index (κ1) is 8.92. The third-order valence-electron chi connectivity index (χ3n) is 0.912. The van der Waals surface area contributed by atoms with Gasteiger partial charge in [-0.05, 0) is 0 Å². The zero-order valence-corrected chi connectivity index (χ0v) is 7.55. The number of rotatable bonds is 3. The maximum atomic E-state index is 8.40. The van der Waals surface area contributed by atoms with Crippen LogP contribution in [-0.2, 0) is 0 Å². The van der Waals surface area contributed by atoms with E-state index in [2.05, 4.69) is 12.6 Å². The molecule has 0 spiro atoms. The number of alkyl halides is 1. The van der Waals surface area contributed by atoms with Crippen molar-refractivity contribution in [1.82, 2.24) is 0 Å². The predicted octanol–water partition coefficient (Wildman–Crippen LogP) is -2.34. The zero-order chi connectivity index (χ0) is 7.28. The second-order valence-corrected chi connectivity index (χ2v) is 4.61. The standard InChI is InChI=1S/C6H10IN2/c1-5(3-8)6(2)7-4-9/h5H,2,4,9H2,1H3/q-1. The zero-order valence-electron chi connectivity index (χ0n) is 5.39. The molecule has 0 aromatic carbocycles. The van der Waals surface area contributed by atoms with Gasteiger partial charge in [0.15, 0.2) is 0 Å². The van der Waals surface area contributed by atoms with Crippen LogP contribution < -0.4 is 26.9 Å². The first-order valence-corrected chi connectivity index (χ1v) is 5.20. The van der Waals surface area contributed by atoms with Crippen LogP contribution >= 0.6 is 0 Å². The summed E-state index contributed by atoms with van der Waals surface area (Å²) in [6, 6.07) is 2.12. The van der Waals surface area contributed by atoms with E-state index < -0.39 is 0 Å². The van der Waals surface area contributed by atoms with E-state index >= 15 is 0 Å². The van der Waals surface area contributed by atoms with E-state index in [1.807, 2.05) is 6.92 Å². The fourth-order valence-corrected chi connectivity index (χ4v) is 1.65. The molecule has 0 bridgehead atoms. The summed E-state index contributed by atoms with van der Waals surface area (Å²) in [6.45, 7) is 5.62. The second-order valence-electron chi connectivity index (χ2n) is 1.59. The van der Waals surface area contributed by atoms with Gasteiger partial charge in [0, 0.05) is 0 Å². The van der Waals surface area contributed by atoms with Gasteiger partial charge in [-0.1, -0.05) is 0 Å². The van der Waals surface area contributed by atoms with Gasteiger partial charge in [0.05, 0.1) is 0 Å². The Labute approximate surface area is 66.0 Å². The third-order valence-corrected chi connectivity index (χ3v) is 3.27. The Bertz CT molecular complexity index is 136. The van der Waals surface area contributed by atoms with E-state index in [1.54, 1.807) is 0 Å². The maximum absolute atomic E-state index is 8.40. The molecule has 2 nitrogen and oxygen atoms in total. The minimum absolute atomic E-state index is 0.00125. The van der Waals surface area contributed by atoms with Crippen molar-refractivity contribution in [1.29, 1.82) is 5.26 Å². The minimum atomic E-state index is -0.121. The summed E-state index contributed by atoms with van der Waals surface area (Å²) in [6.07, 6.45) is 0. The average Bonchev–Trinajstić information content (AvgIpc) is 1.87. The van der Waals surface area contributed by atoms with Crippen LogP contribution in [0.1, 0.15) is 6.92 Å². The van der Waals surface area contributed by atoms with E-state index in [4.69, 9.17) is 11.0 Å². The van der Waals surface area contributed by atoms with Gasteiger partial charge >= 0.3 is 65.8 Å². The van der Waals surface area contributed by atoms with Crippen LogP contribution in [0, 0.1) is 17.2 Å². The fourth-order valence-electron chi connectivity index (χ4n) is 0.285. The van der Waals surface area contributed by atoms with E-state index in [1.165, 1.54) is 0 Å². The van der Waals surface area contributed by atoms with Crippen molar-refractivity contribution in [2.45, 2.75) is 6.92 Å². The topological polar surface area (TPSA) is 49.8 Å². The van der Waals surface area contributed by atoms with Crippen molar-refractivity contribution in [2.75, 3.05) is 4.55 Å². The molecule has 0 fully saturated rings. The van der Waals surface area contributed by atoms with Crippen molar-refractivity contribution < 1.29 is 21.2 Å². The molecule has 1 atom stereocenters. The van der Waals surface area contributed by atoms with E-state index in [0.717, 1.165) is 3.58 Å². The van der Waals surface area contributed by atoms with Gasteiger partial charge in [0.2, 0.25) is 0 Å². The van der Waals surface area contributed by atoms with Crippen LogP contribution in [0.4, 0.5) is 0 Å². The Morgan fingerprint density at radius 2 is 2.56 bits per heavy atom. The molecule has 0 aliphatic carbocycles. The quantitative estimate of drug-likeness (QED) is 0.340. The van der Waals surface area contributed by atoms with Crippen molar-refractivity contribution in [3.05, 3.63) is 10.2 Å². The van der Waals surface area contributed by atoms with E-state index in [0.29, 0.717) is 4.55 Å². The molecule has 0 radical (unpaired) electrons. The normalized spacial score (nSPS) is 12.6. The molecule has 1 unspecified atom stereocenters. The van der Waals surface area contributed by atoms with Crippen molar-refractivity contribution in [2.24, 2.45) is 11.7 Å². The molecule has 0 rings (SSSR count). The molecule has 9 heavy (non-hydrogen) atoms. The molecular weight excluding hydrogens is 227 g/mol. The number of nitrogens with two attached hydrogens (primary N) is 1. The Kier molecular flexibility index (Phi) is 4.72. The number of hydrogen-bond acceptors (Lipinski definition) is 2. The van der Waals surface area contributed by atoms with Gasteiger partial charge in [0.25, 0.3) is 0 Å². The summed E-state index contributed by atoms with van der Waals surface area (Å²) in [5.74, 6) is 0.00125. The van der Waals surface area contributed by atoms with Crippen LogP contribution in [-0.4, -0.2) is 4.55 Å². The Morgan fingerprint density at radius 1 is 2.00 bits per heavy atom. The molecule has 0 amide bonds. The van der Waals surface area contributed by atoms with Gasteiger partial charge in [-0.3, -0.25) is 0 Å². The van der Waals surface area contributed by atoms with Gasteiger partial charge in [-0.2, -0.15) is 0 Å². The summed E-state index contributed by atoms with van der Waals surface area (Å²) in [7, 11) is 0. The first-order chi connectivity index (χ1) is 4.22. The number of allylic oxidation sites excluding steroid dienone is 1. The summed E-state index contributed by atoms with van der Waals surface area (Å²) in [5, 5.41) is 8.40. The SMILES string of the molecule is C=C([I-]CN)C(C)C#N. The number of halogens is 1. The molecule has 3 heteroatoms. The van der Waals surface area contributed by atoms with Crippen molar-refractivity contribution in [3.8, 4) is 6.07 Å². The molecule has 0 aromatic heterocycles. The van der Waals surface area contributed by atoms with Gasteiger partial charge in [0.1, 0.15) is 0 Å². The Hall–Kier alpha value is -0.0800. The van der Waals surface area contributed by atoms with E-state index in [9.17, 15) is 0 Å². The third kappa shape index (κ3) is 3.49. The first-order valence-electron chi connectivity index (χ1n) is 2.60. The van der Waals surface area contributed by atoms with Gasteiger partial charge in [-0.15, -0.1) is 0 Å². The number of nitriles is 1. The molecule has 0 aliphatic heterocycles. The Balaban J connectivity index is 3.63. The summed E-state index contributed by atoms with van der Waals surface area (Å²) in [5.41, 5.74) is 5.30. The average molecular weight is 237 g/mol. The summed E-state index contributed by atoms with van der Waals surface area (Å²) in [4.78, 5) is 0. The Morgan fingerprint density at radius 3 is 2.89 bits per heavy atom. The fraction of sp³-hybridized carbons (Fsp3) is 0.500.